The molecule has 40 heavy (non-hydrogen) atoms. The number of thiocarbonyl (C=S) groups is 1. The van der Waals surface area contributed by atoms with E-state index in [1.165, 1.54) is 5.56 Å². The van der Waals surface area contributed by atoms with Crippen molar-refractivity contribution < 1.29 is 23.9 Å². The van der Waals surface area contributed by atoms with Gasteiger partial charge in [-0.15, -0.1) is 0 Å². The van der Waals surface area contributed by atoms with Gasteiger partial charge in [0.1, 0.15) is 0 Å². The van der Waals surface area contributed by atoms with Gasteiger partial charge in [-0.2, -0.15) is 0 Å². The first-order chi connectivity index (χ1) is 19.3. The van der Waals surface area contributed by atoms with Crippen LogP contribution >= 0.6 is 12.2 Å². The van der Waals surface area contributed by atoms with Crippen molar-refractivity contribution >= 4 is 46.7 Å². The Balaban J connectivity index is 1.28. The topological polar surface area (TPSA) is 126 Å². The molecule has 0 aliphatic heterocycles. The molecule has 208 valence electrons. The first kappa shape index (κ1) is 30.0. The normalized spacial score (nSPS) is 10.2. The average Bonchev–Trinajstić information content (AvgIpc) is 2.95. The van der Waals surface area contributed by atoms with Gasteiger partial charge in [0.05, 0.1) is 6.61 Å². The zero-order chi connectivity index (χ0) is 28.7. The molecule has 0 spiro atoms. The van der Waals surface area contributed by atoms with E-state index in [1.54, 1.807) is 36.4 Å². The molecule has 10 heteroatoms. The molecule has 4 N–H and O–H groups in total. The molecule has 0 atom stereocenters. The van der Waals surface area contributed by atoms with E-state index in [2.05, 4.69) is 21.5 Å². The van der Waals surface area contributed by atoms with Crippen LogP contribution in [-0.2, 0) is 20.7 Å². The lowest BCUT2D eigenvalue weighted by molar-refractivity contribution is -0.143. The van der Waals surface area contributed by atoms with Gasteiger partial charge in [0, 0.05) is 29.7 Å². The van der Waals surface area contributed by atoms with Crippen molar-refractivity contribution in [2.45, 2.75) is 39.0 Å². The highest BCUT2D eigenvalue weighted by Crippen LogP contribution is 2.12. The van der Waals surface area contributed by atoms with Crippen molar-refractivity contribution in [3.8, 4) is 0 Å². The summed E-state index contributed by atoms with van der Waals surface area (Å²) in [5, 5.41) is 5.15. The van der Waals surface area contributed by atoms with Crippen molar-refractivity contribution in [3.63, 3.8) is 0 Å². The second-order valence-corrected chi connectivity index (χ2v) is 9.43. The molecule has 0 fully saturated rings. The molecule has 9 nitrogen and oxygen atoms in total. The second-order valence-electron chi connectivity index (χ2n) is 9.02. The number of anilines is 1. The number of aryl methyl sites for hydroxylation is 2. The standard InChI is InChI=1S/C30H32N4O5S/c1-21-8-5-12-24(20-21)28(37)31-25-17-15-23(16-18-25)29(38)33-34-30(40)32-26(35)13-6-14-27(36)39-19-7-11-22-9-3-2-4-10-22/h2-5,8-10,12,15-18,20H,6-7,11,13-14,19H2,1H3,(H,31,37)(H,33,38)(H2,32,34,35,40). The van der Waals surface area contributed by atoms with Crippen molar-refractivity contribution in [1.29, 1.82) is 0 Å². The van der Waals surface area contributed by atoms with Gasteiger partial charge in [-0.05, 0) is 80.4 Å². The van der Waals surface area contributed by atoms with Gasteiger partial charge >= 0.3 is 5.97 Å². The number of ether oxygens (including phenoxy) is 1. The lowest BCUT2D eigenvalue weighted by Crippen LogP contribution is -2.48. The van der Waals surface area contributed by atoms with Crippen LogP contribution in [0.1, 0.15) is 57.5 Å². The van der Waals surface area contributed by atoms with Crippen LogP contribution in [-0.4, -0.2) is 35.4 Å². The molecule has 0 radical (unpaired) electrons. The molecular formula is C30H32N4O5S. The van der Waals surface area contributed by atoms with Crippen LogP contribution in [0.15, 0.2) is 78.9 Å². The van der Waals surface area contributed by atoms with Gasteiger partial charge in [0.15, 0.2) is 5.11 Å². The number of rotatable bonds is 11. The molecule has 0 saturated heterocycles. The summed E-state index contributed by atoms with van der Waals surface area (Å²) in [5.41, 5.74) is 8.43. The maximum absolute atomic E-state index is 12.4. The summed E-state index contributed by atoms with van der Waals surface area (Å²) in [6.07, 6.45) is 2.07. The Kier molecular flexibility index (Phi) is 11.8. The number of benzene rings is 3. The van der Waals surface area contributed by atoms with Gasteiger partial charge < -0.3 is 15.4 Å². The molecule has 0 unspecified atom stereocenters. The molecule has 3 aromatic rings. The highest BCUT2D eigenvalue weighted by atomic mass is 32.1. The monoisotopic (exact) mass is 560 g/mol. The predicted molar refractivity (Wildman–Crippen MR) is 156 cm³/mol. The van der Waals surface area contributed by atoms with Gasteiger partial charge in [0.2, 0.25) is 5.91 Å². The fourth-order valence-electron chi connectivity index (χ4n) is 3.67. The molecule has 0 aliphatic carbocycles. The van der Waals surface area contributed by atoms with Crippen LogP contribution in [0.2, 0.25) is 0 Å². The molecule has 0 aromatic heterocycles. The highest BCUT2D eigenvalue weighted by molar-refractivity contribution is 7.80. The Hall–Kier alpha value is -4.57. The smallest absolute Gasteiger partial charge is 0.305 e. The molecule has 0 saturated carbocycles. The Labute approximate surface area is 238 Å². The van der Waals surface area contributed by atoms with Gasteiger partial charge in [-0.1, -0.05) is 48.0 Å². The van der Waals surface area contributed by atoms with Crippen LogP contribution in [0.3, 0.4) is 0 Å². The summed E-state index contributed by atoms with van der Waals surface area (Å²) >= 11 is 5.04. The number of hydrazine groups is 1. The number of carbonyl (C=O) groups excluding carboxylic acids is 4. The first-order valence-corrected chi connectivity index (χ1v) is 13.3. The molecular weight excluding hydrogens is 528 g/mol. The third-order valence-corrected chi connectivity index (χ3v) is 5.93. The van der Waals surface area contributed by atoms with Crippen molar-refractivity contribution in [1.82, 2.24) is 16.2 Å². The Bertz CT molecular complexity index is 1330. The number of esters is 1. The van der Waals surface area contributed by atoms with Crippen molar-refractivity contribution in [2.75, 3.05) is 11.9 Å². The number of hydrogen-bond donors (Lipinski definition) is 4. The summed E-state index contributed by atoms with van der Waals surface area (Å²) in [6.45, 7) is 2.24. The molecule has 0 heterocycles. The molecule has 3 rings (SSSR count). The minimum atomic E-state index is -0.483. The number of nitrogens with one attached hydrogen (secondary N) is 4. The van der Waals surface area contributed by atoms with Gasteiger partial charge in [0.25, 0.3) is 11.8 Å². The van der Waals surface area contributed by atoms with E-state index in [0.29, 0.717) is 29.8 Å². The van der Waals surface area contributed by atoms with Crippen LogP contribution < -0.4 is 21.5 Å². The number of carbonyl (C=O) groups is 4. The third kappa shape index (κ3) is 10.7. The molecule has 0 bridgehead atoms. The average molecular weight is 561 g/mol. The Morgan fingerprint density at radius 3 is 2.25 bits per heavy atom. The van der Waals surface area contributed by atoms with Gasteiger partial charge in [-0.25, -0.2) is 0 Å². The summed E-state index contributed by atoms with van der Waals surface area (Å²) < 4.78 is 5.21. The Morgan fingerprint density at radius 2 is 1.52 bits per heavy atom. The summed E-state index contributed by atoms with van der Waals surface area (Å²) in [6, 6.07) is 23.5. The van der Waals surface area contributed by atoms with Crippen molar-refractivity contribution in [2.24, 2.45) is 0 Å². The summed E-state index contributed by atoms with van der Waals surface area (Å²) in [4.78, 5) is 48.7. The van der Waals surface area contributed by atoms with E-state index in [4.69, 9.17) is 17.0 Å². The highest BCUT2D eigenvalue weighted by Gasteiger charge is 2.11. The number of hydrogen-bond acceptors (Lipinski definition) is 6. The zero-order valence-electron chi connectivity index (χ0n) is 22.2. The number of amides is 3. The lowest BCUT2D eigenvalue weighted by atomic mass is 10.1. The van der Waals surface area contributed by atoms with E-state index >= 15 is 0 Å². The third-order valence-electron chi connectivity index (χ3n) is 5.73. The van der Waals surface area contributed by atoms with Crippen LogP contribution in [0.4, 0.5) is 5.69 Å². The van der Waals surface area contributed by atoms with E-state index in [9.17, 15) is 19.2 Å². The quantitative estimate of drug-likeness (QED) is 0.120. The SMILES string of the molecule is Cc1cccc(C(=O)Nc2ccc(C(=O)NNC(=S)NC(=O)CCCC(=O)OCCCc3ccccc3)cc2)c1. The van der Waals surface area contributed by atoms with Crippen LogP contribution in [0, 0.1) is 6.92 Å². The van der Waals surface area contributed by atoms with Crippen molar-refractivity contribution in [3.05, 3.63) is 101 Å². The van der Waals surface area contributed by atoms with E-state index in [0.717, 1.165) is 18.4 Å². The van der Waals surface area contributed by atoms with E-state index in [-0.39, 0.29) is 29.8 Å². The summed E-state index contributed by atoms with van der Waals surface area (Å²) in [5.74, 6) is -1.48. The maximum Gasteiger partial charge on any atom is 0.305 e. The molecule has 3 amide bonds. The predicted octanol–water partition coefficient (Wildman–Crippen LogP) is 4.23. The minimum absolute atomic E-state index is 0.0740. The minimum Gasteiger partial charge on any atom is -0.466 e. The fraction of sp³-hybridized carbons (Fsp3) is 0.233. The van der Waals surface area contributed by atoms with Crippen LogP contribution in [0.25, 0.3) is 0 Å². The maximum atomic E-state index is 12.4. The van der Waals surface area contributed by atoms with Crippen LogP contribution in [0.5, 0.6) is 0 Å². The largest absolute Gasteiger partial charge is 0.466 e. The second kappa shape index (κ2) is 15.7. The Morgan fingerprint density at radius 1 is 0.775 bits per heavy atom. The van der Waals surface area contributed by atoms with E-state index in [1.807, 2.05) is 49.4 Å². The molecule has 0 aliphatic rings. The van der Waals surface area contributed by atoms with E-state index < -0.39 is 11.8 Å². The first-order valence-electron chi connectivity index (χ1n) is 12.9. The molecule has 3 aromatic carbocycles. The lowest BCUT2D eigenvalue weighted by Gasteiger charge is -2.11. The summed E-state index contributed by atoms with van der Waals surface area (Å²) in [7, 11) is 0. The fourth-order valence-corrected chi connectivity index (χ4v) is 3.84. The van der Waals surface area contributed by atoms with Gasteiger partial charge in [-0.3, -0.25) is 30.0 Å². The zero-order valence-corrected chi connectivity index (χ0v) is 23.0.